The third-order valence-electron chi connectivity index (χ3n) is 3.33. The molecule has 1 aromatic carbocycles. The number of anilines is 1. The summed E-state index contributed by atoms with van der Waals surface area (Å²) in [6.07, 6.45) is 1.94. The summed E-state index contributed by atoms with van der Waals surface area (Å²) >= 11 is 0. The van der Waals surface area contributed by atoms with E-state index in [-0.39, 0.29) is 6.61 Å². The van der Waals surface area contributed by atoms with Crippen LogP contribution in [0.3, 0.4) is 0 Å². The molecule has 0 radical (unpaired) electrons. The number of aliphatic hydroxyl groups is 1. The van der Waals surface area contributed by atoms with Gasteiger partial charge < -0.3 is 10.4 Å². The van der Waals surface area contributed by atoms with Crippen LogP contribution in [0.5, 0.6) is 0 Å². The highest BCUT2D eigenvalue weighted by Crippen LogP contribution is 2.20. The number of aromatic nitrogens is 1. The smallest absolute Gasteiger partial charge is 0.127 e. The number of nitriles is 1. The van der Waals surface area contributed by atoms with Crippen LogP contribution in [0.1, 0.15) is 25.3 Å². The molecule has 0 aliphatic rings. The first-order valence-corrected chi connectivity index (χ1v) is 6.89. The largest absolute Gasteiger partial charge is 0.396 e. The molecular formula is C16H19N3O. The molecule has 4 heteroatoms. The van der Waals surface area contributed by atoms with Crippen LogP contribution in [0.2, 0.25) is 0 Å². The Morgan fingerprint density at radius 3 is 2.95 bits per heavy atom. The molecule has 104 valence electrons. The lowest BCUT2D eigenvalue weighted by molar-refractivity contribution is 0.229. The Hall–Kier alpha value is -2.12. The van der Waals surface area contributed by atoms with Gasteiger partial charge in [-0.15, -0.1) is 0 Å². The second-order valence-corrected chi connectivity index (χ2v) is 5.04. The van der Waals surface area contributed by atoms with Crippen LogP contribution < -0.4 is 5.32 Å². The van der Waals surface area contributed by atoms with Crippen molar-refractivity contribution in [2.24, 2.45) is 5.92 Å². The Morgan fingerprint density at radius 1 is 1.40 bits per heavy atom. The van der Waals surface area contributed by atoms with Crippen LogP contribution in [0.25, 0.3) is 10.9 Å². The van der Waals surface area contributed by atoms with Crippen molar-refractivity contribution in [3.05, 3.63) is 35.9 Å². The minimum Gasteiger partial charge on any atom is -0.396 e. The first kappa shape index (κ1) is 14.3. The molecule has 20 heavy (non-hydrogen) atoms. The maximum atomic E-state index is 9.20. The molecule has 1 unspecified atom stereocenters. The number of fused-ring (bicyclic) bond motifs is 1. The maximum absolute atomic E-state index is 9.20. The van der Waals surface area contributed by atoms with Gasteiger partial charge in [-0.25, -0.2) is 4.98 Å². The van der Waals surface area contributed by atoms with Crippen LogP contribution in [-0.4, -0.2) is 23.2 Å². The number of hydrogen-bond acceptors (Lipinski definition) is 4. The lowest BCUT2D eigenvalue weighted by Crippen LogP contribution is -2.07. The third kappa shape index (κ3) is 3.46. The zero-order chi connectivity index (χ0) is 14.4. The van der Waals surface area contributed by atoms with Crippen molar-refractivity contribution >= 4 is 16.7 Å². The number of para-hydroxylation sites is 1. The summed E-state index contributed by atoms with van der Waals surface area (Å²) in [5.74, 6) is 1.06. The Labute approximate surface area is 119 Å². The van der Waals surface area contributed by atoms with Gasteiger partial charge in [0.05, 0.1) is 17.1 Å². The van der Waals surface area contributed by atoms with Gasteiger partial charge in [-0.05, 0) is 30.9 Å². The van der Waals surface area contributed by atoms with E-state index in [1.165, 1.54) is 0 Å². The topological polar surface area (TPSA) is 68.9 Å². The van der Waals surface area contributed by atoms with Crippen molar-refractivity contribution in [3.63, 3.8) is 0 Å². The summed E-state index contributed by atoms with van der Waals surface area (Å²) < 4.78 is 0. The summed E-state index contributed by atoms with van der Waals surface area (Å²) in [6, 6.07) is 11.7. The van der Waals surface area contributed by atoms with Crippen LogP contribution in [0.4, 0.5) is 5.82 Å². The number of benzene rings is 1. The molecule has 0 amide bonds. The zero-order valence-electron chi connectivity index (χ0n) is 11.6. The van der Waals surface area contributed by atoms with E-state index < -0.39 is 0 Å². The number of pyridine rings is 1. The van der Waals surface area contributed by atoms with Crippen molar-refractivity contribution in [1.82, 2.24) is 4.98 Å². The molecule has 2 N–H and O–H groups in total. The van der Waals surface area contributed by atoms with Gasteiger partial charge in [-0.2, -0.15) is 5.26 Å². The number of rotatable bonds is 6. The maximum Gasteiger partial charge on any atom is 0.127 e. The molecular weight excluding hydrogens is 250 g/mol. The lowest BCUT2D eigenvalue weighted by Gasteiger charge is -2.10. The first-order chi connectivity index (χ1) is 9.74. The summed E-state index contributed by atoms with van der Waals surface area (Å²) in [5, 5.41) is 22.3. The van der Waals surface area contributed by atoms with Gasteiger partial charge in [0, 0.05) is 18.5 Å². The molecule has 0 saturated carbocycles. The second-order valence-electron chi connectivity index (χ2n) is 5.04. The monoisotopic (exact) mass is 269 g/mol. The summed E-state index contributed by atoms with van der Waals surface area (Å²) in [6.45, 7) is 3.05. The van der Waals surface area contributed by atoms with Crippen LogP contribution >= 0.6 is 0 Å². The second kappa shape index (κ2) is 6.88. The van der Waals surface area contributed by atoms with Crippen molar-refractivity contribution in [3.8, 4) is 6.07 Å². The number of nitrogens with zero attached hydrogens (tertiary/aromatic N) is 2. The molecule has 0 spiro atoms. The third-order valence-corrected chi connectivity index (χ3v) is 3.33. The van der Waals surface area contributed by atoms with E-state index in [0.29, 0.717) is 11.5 Å². The predicted molar refractivity (Wildman–Crippen MR) is 80.4 cm³/mol. The van der Waals surface area contributed by atoms with Crippen LogP contribution in [0, 0.1) is 17.2 Å². The molecule has 0 aliphatic carbocycles. The molecule has 2 rings (SSSR count). The minimum atomic E-state index is 0.229. The van der Waals surface area contributed by atoms with Gasteiger partial charge >= 0.3 is 0 Å². The fourth-order valence-electron chi connectivity index (χ4n) is 2.12. The van der Waals surface area contributed by atoms with Crippen molar-refractivity contribution in [2.45, 2.75) is 19.8 Å². The quantitative estimate of drug-likeness (QED) is 0.791. The van der Waals surface area contributed by atoms with E-state index in [9.17, 15) is 5.26 Å². The molecule has 0 saturated heterocycles. The number of nitrogens with one attached hydrogen (secondary N) is 1. The number of aliphatic hydroxyl groups excluding tert-OH is 1. The van der Waals surface area contributed by atoms with Gasteiger partial charge in [0.1, 0.15) is 5.82 Å². The van der Waals surface area contributed by atoms with E-state index in [2.05, 4.69) is 16.4 Å². The molecule has 1 aromatic heterocycles. The Morgan fingerprint density at radius 2 is 2.20 bits per heavy atom. The van der Waals surface area contributed by atoms with E-state index in [4.69, 9.17) is 5.11 Å². The highest BCUT2D eigenvalue weighted by atomic mass is 16.3. The van der Waals surface area contributed by atoms with Gasteiger partial charge in [0.25, 0.3) is 0 Å². The average molecular weight is 269 g/mol. The summed E-state index contributed by atoms with van der Waals surface area (Å²) in [7, 11) is 0. The summed E-state index contributed by atoms with van der Waals surface area (Å²) in [4.78, 5) is 4.51. The normalized spacial score (nSPS) is 12.1. The molecule has 4 nitrogen and oxygen atoms in total. The van der Waals surface area contributed by atoms with E-state index in [1.54, 1.807) is 6.07 Å². The van der Waals surface area contributed by atoms with Crippen molar-refractivity contribution in [1.29, 1.82) is 5.26 Å². The Bertz CT molecular complexity index is 619. The van der Waals surface area contributed by atoms with E-state index >= 15 is 0 Å². The van der Waals surface area contributed by atoms with Gasteiger partial charge in [-0.1, -0.05) is 25.1 Å². The van der Waals surface area contributed by atoms with Gasteiger partial charge in [0.2, 0.25) is 0 Å². The SMILES string of the molecule is CC(CO)CCCNc1cc(C#N)c2ccccc2n1. The molecule has 0 fully saturated rings. The predicted octanol–water partition coefficient (Wildman–Crippen LogP) is 2.93. The number of hydrogen-bond donors (Lipinski definition) is 2. The highest BCUT2D eigenvalue weighted by molar-refractivity contribution is 5.86. The molecule has 2 aromatic rings. The fraction of sp³-hybridized carbons (Fsp3) is 0.375. The van der Waals surface area contributed by atoms with Crippen molar-refractivity contribution in [2.75, 3.05) is 18.5 Å². The summed E-state index contributed by atoms with van der Waals surface area (Å²) in [5.41, 5.74) is 1.47. The first-order valence-electron chi connectivity index (χ1n) is 6.89. The Kier molecular flexibility index (Phi) is 4.91. The highest BCUT2D eigenvalue weighted by Gasteiger charge is 2.05. The Balaban J connectivity index is 2.06. The fourth-order valence-corrected chi connectivity index (χ4v) is 2.12. The molecule has 0 bridgehead atoms. The van der Waals surface area contributed by atoms with Gasteiger partial charge in [-0.3, -0.25) is 0 Å². The van der Waals surface area contributed by atoms with Crippen molar-refractivity contribution < 1.29 is 5.11 Å². The lowest BCUT2D eigenvalue weighted by atomic mass is 10.1. The van der Waals surface area contributed by atoms with Gasteiger partial charge in [0.15, 0.2) is 0 Å². The standard InChI is InChI=1S/C16H19N3O/c1-12(11-20)5-4-8-18-16-9-13(10-17)14-6-2-3-7-15(14)19-16/h2-3,6-7,9,12,20H,4-5,8,11H2,1H3,(H,18,19). The van der Waals surface area contributed by atoms with E-state index in [0.717, 1.165) is 36.1 Å². The molecule has 1 heterocycles. The van der Waals surface area contributed by atoms with Crippen LogP contribution in [0.15, 0.2) is 30.3 Å². The van der Waals surface area contributed by atoms with Crippen LogP contribution in [-0.2, 0) is 0 Å². The minimum absolute atomic E-state index is 0.229. The zero-order valence-corrected chi connectivity index (χ0v) is 11.6. The molecule has 1 atom stereocenters. The van der Waals surface area contributed by atoms with E-state index in [1.807, 2.05) is 31.2 Å². The average Bonchev–Trinajstić information content (AvgIpc) is 2.50. The molecule has 0 aliphatic heterocycles.